The third-order valence-corrected chi connectivity index (χ3v) is 14.0. The summed E-state index contributed by atoms with van der Waals surface area (Å²) in [4.78, 5) is 104. The number of cyclic esters (lactones) is 4. The number of nitrogens with zero attached hydrogens (tertiary/aromatic N) is 5. The van der Waals surface area contributed by atoms with E-state index in [1.165, 1.54) is 29.2 Å². The Kier molecular flexibility index (Phi) is 21.0. The van der Waals surface area contributed by atoms with Crippen LogP contribution in [-0.4, -0.2) is 104 Å². The number of hydrogen-bond donors (Lipinski definition) is 0. The number of fused-ring (bicyclic) bond motifs is 1. The first-order valence-electron chi connectivity index (χ1n) is 27.5. The number of hydrogen-bond acceptors (Lipinski definition) is 13. The average Bonchev–Trinajstić information content (AvgIpc) is 4.42. The minimum atomic E-state index is -0.613. The molecule has 1 aromatic heterocycles. The van der Waals surface area contributed by atoms with E-state index in [9.17, 15) is 38.4 Å². The zero-order valence-corrected chi connectivity index (χ0v) is 47.2. The number of amides is 8. The van der Waals surface area contributed by atoms with Gasteiger partial charge >= 0.3 is 24.4 Å². The molecule has 4 fully saturated rings. The summed E-state index contributed by atoms with van der Waals surface area (Å²) < 4.78 is 20.7. The highest BCUT2D eigenvalue weighted by molar-refractivity contribution is 6.03. The normalized spacial score (nSPS) is 19.9. The van der Waals surface area contributed by atoms with Crippen LogP contribution < -0.4 is 0 Å². The second kappa shape index (κ2) is 29.4. The van der Waals surface area contributed by atoms with Gasteiger partial charge in [-0.2, -0.15) is 0 Å². The van der Waals surface area contributed by atoms with Crippen molar-refractivity contribution in [1.82, 2.24) is 24.6 Å². The van der Waals surface area contributed by atoms with Crippen molar-refractivity contribution in [3.05, 3.63) is 258 Å². The predicted octanol–water partition coefficient (Wildman–Crippen LogP) is 12.6. The molecule has 6 aromatic carbocycles. The Balaban J connectivity index is 0.000000150. The lowest BCUT2D eigenvalue weighted by Crippen LogP contribution is -2.39. The first kappa shape index (κ1) is 60.5. The van der Waals surface area contributed by atoms with Gasteiger partial charge < -0.3 is 18.9 Å². The molecule has 0 bridgehead atoms. The van der Waals surface area contributed by atoms with Crippen LogP contribution in [0, 0.1) is 0 Å². The second-order valence-corrected chi connectivity index (χ2v) is 19.7. The van der Waals surface area contributed by atoms with Gasteiger partial charge in [-0.1, -0.05) is 170 Å². The third-order valence-electron chi connectivity index (χ3n) is 14.0. The molecule has 432 valence electrons. The van der Waals surface area contributed by atoms with E-state index >= 15 is 0 Å². The van der Waals surface area contributed by atoms with E-state index in [1.54, 1.807) is 62.7 Å². The second-order valence-electron chi connectivity index (χ2n) is 19.7. The van der Waals surface area contributed by atoms with Gasteiger partial charge in [0.25, 0.3) is 23.6 Å². The maximum absolute atomic E-state index is 12.6. The minimum Gasteiger partial charge on any atom is -0.447 e. The summed E-state index contributed by atoms with van der Waals surface area (Å²) in [6.07, 6.45) is 12.9. The van der Waals surface area contributed by atoms with Crippen LogP contribution >= 0.6 is 0 Å². The van der Waals surface area contributed by atoms with Gasteiger partial charge in [0.05, 0.1) is 18.1 Å². The van der Waals surface area contributed by atoms with Gasteiger partial charge in [-0.05, 0) is 121 Å². The van der Waals surface area contributed by atoms with Crippen molar-refractivity contribution >= 4 is 70.9 Å². The number of carbonyl (C=O) groups excluding carboxylic acids is 8. The number of carbonyl (C=O) groups is 8. The SMILES string of the molecule is C/C=C/C(=O)N1C(=O)O[C@@H](c2ccccc2)[C@@H]1C.C/C=C/C(=O)N1C(=O)O[C@H](c2ccccc2)[C@H]1C.O=C(/C=C/c1ccc2ccccc2c1)N1C(=O)OC[C@@H]1Cc1ccccc1.O=C(/C=C/c1ccncc1)N1C(=O)OC[C@@H]1c1ccccc1. The zero-order valence-electron chi connectivity index (χ0n) is 47.2. The maximum Gasteiger partial charge on any atom is 0.417 e. The predicted molar refractivity (Wildman–Crippen MR) is 319 cm³/mol. The van der Waals surface area contributed by atoms with Crippen LogP contribution in [0.3, 0.4) is 0 Å². The molecule has 0 aliphatic carbocycles. The first-order chi connectivity index (χ1) is 41.3. The first-order valence-corrected chi connectivity index (χ1v) is 27.5. The Morgan fingerprint density at radius 2 is 0.894 bits per heavy atom. The van der Waals surface area contributed by atoms with E-state index in [0.717, 1.165) is 58.9 Å². The molecule has 6 atom stereocenters. The lowest BCUT2D eigenvalue weighted by atomic mass is 10.0. The average molecular weight is 1140 g/mol. The summed E-state index contributed by atoms with van der Waals surface area (Å²) in [5.41, 5.74) is 5.49. The van der Waals surface area contributed by atoms with Gasteiger partial charge in [-0.25, -0.2) is 38.8 Å². The van der Waals surface area contributed by atoms with Crippen LogP contribution in [0.1, 0.15) is 79.3 Å². The van der Waals surface area contributed by atoms with Crippen LogP contribution in [0.15, 0.2) is 225 Å². The van der Waals surface area contributed by atoms with Gasteiger partial charge in [-0.3, -0.25) is 24.2 Å². The molecule has 17 nitrogen and oxygen atoms in total. The lowest BCUT2D eigenvalue weighted by Gasteiger charge is -2.18. The summed E-state index contributed by atoms with van der Waals surface area (Å²) in [5.74, 6) is -1.43. The Hall–Kier alpha value is -10.6. The molecule has 0 radical (unpaired) electrons. The van der Waals surface area contributed by atoms with Crippen molar-refractivity contribution in [2.45, 2.75) is 70.5 Å². The summed E-state index contributed by atoms with van der Waals surface area (Å²) in [5, 5.41) is 2.25. The fraction of sp³-hybridized carbons (Fsp3) is 0.191. The standard InChI is InChI=1S/C23H19NO3.C17H14N2O3.2C14H15NO3/c25-22(13-11-18-10-12-19-8-4-5-9-20(19)14-18)24-21(16-27-23(24)26)15-17-6-2-1-3-7-17;20-16(7-6-13-8-10-18-11-9-13)19-15(12-22-17(19)21)14-4-2-1-3-5-14;2*1-3-7-12(16)15-10(2)13(18-14(15)17)11-8-5-4-6-9-11/h1-14,21H,15-16H2;1-11,15H,12H2;2*3-10,13H,1-2H3/b13-11+;7-6+;2*7-3+/t21-;15-;2*10-,13+/m0110/s1. The van der Waals surface area contributed by atoms with Gasteiger partial charge in [-0.15, -0.1) is 0 Å². The molecule has 17 heteroatoms. The number of allylic oxidation sites excluding steroid dienone is 2. The largest absolute Gasteiger partial charge is 0.447 e. The molecule has 0 saturated carbocycles. The molecule has 85 heavy (non-hydrogen) atoms. The van der Waals surface area contributed by atoms with Crippen molar-refractivity contribution in [3.63, 3.8) is 0 Å². The molecule has 4 saturated heterocycles. The molecular weight excluding hydrogens is 1080 g/mol. The van der Waals surface area contributed by atoms with Crippen molar-refractivity contribution in [3.8, 4) is 0 Å². The highest BCUT2D eigenvalue weighted by Gasteiger charge is 2.44. The van der Waals surface area contributed by atoms with Crippen LogP contribution in [0.4, 0.5) is 19.2 Å². The summed E-state index contributed by atoms with van der Waals surface area (Å²) >= 11 is 0. The molecule has 0 spiro atoms. The lowest BCUT2D eigenvalue weighted by molar-refractivity contribution is -0.125. The van der Waals surface area contributed by atoms with Crippen molar-refractivity contribution in [2.24, 2.45) is 0 Å². The Morgan fingerprint density at radius 1 is 0.459 bits per heavy atom. The molecular formula is C68H63N5O12. The molecule has 7 aromatic rings. The van der Waals surface area contributed by atoms with E-state index in [1.807, 2.05) is 178 Å². The Morgan fingerprint density at radius 3 is 1.42 bits per heavy atom. The van der Waals surface area contributed by atoms with Gasteiger partial charge in [0, 0.05) is 24.5 Å². The van der Waals surface area contributed by atoms with Crippen molar-refractivity contribution in [1.29, 1.82) is 0 Å². The van der Waals surface area contributed by atoms with E-state index < -0.39 is 42.5 Å². The fourth-order valence-electron chi connectivity index (χ4n) is 9.77. The van der Waals surface area contributed by atoms with E-state index in [0.29, 0.717) is 6.42 Å². The monoisotopic (exact) mass is 1140 g/mol. The van der Waals surface area contributed by atoms with Crippen LogP contribution in [-0.2, 0) is 44.5 Å². The number of rotatable bonds is 11. The number of pyridine rings is 1. The Bertz CT molecular complexity index is 3510. The summed E-state index contributed by atoms with van der Waals surface area (Å²) in [7, 11) is 0. The summed E-state index contributed by atoms with van der Waals surface area (Å²) in [6.45, 7) is 7.49. The van der Waals surface area contributed by atoms with Crippen molar-refractivity contribution < 1.29 is 57.3 Å². The van der Waals surface area contributed by atoms with Crippen LogP contribution in [0.25, 0.3) is 22.9 Å². The van der Waals surface area contributed by atoms with Crippen LogP contribution in [0.5, 0.6) is 0 Å². The third kappa shape index (κ3) is 15.5. The summed E-state index contributed by atoms with van der Waals surface area (Å²) in [6, 6.07) is 54.3. The van der Waals surface area contributed by atoms with Gasteiger partial charge in [0.1, 0.15) is 31.5 Å². The number of benzene rings is 6. The molecule has 4 aliphatic heterocycles. The molecule has 4 aliphatic rings. The van der Waals surface area contributed by atoms with Crippen molar-refractivity contribution in [2.75, 3.05) is 13.2 Å². The number of ether oxygens (including phenoxy) is 4. The highest BCUT2D eigenvalue weighted by atomic mass is 16.6. The zero-order chi connectivity index (χ0) is 60.2. The smallest absolute Gasteiger partial charge is 0.417 e. The Labute approximate surface area is 492 Å². The topological polar surface area (TPSA) is 199 Å². The van der Waals surface area contributed by atoms with E-state index in [4.69, 9.17) is 18.9 Å². The van der Waals surface area contributed by atoms with Gasteiger partial charge in [0.15, 0.2) is 0 Å². The maximum atomic E-state index is 12.6. The highest BCUT2D eigenvalue weighted by Crippen LogP contribution is 2.34. The van der Waals surface area contributed by atoms with Crippen LogP contribution in [0.2, 0.25) is 0 Å². The van der Waals surface area contributed by atoms with Gasteiger partial charge in [0.2, 0.25) is 0 Å². The molecule has 5 heterocycles. The fourth-order valence-corrected chi connectivity index (χ4v) is 9.77. The molecule has 0 N–H and O–H groups in total. The number of imide groups is 4. The molecule has 11 rings (SSSR count). The van der Waals surface area contributed by atoms with E-state index in [2.05, 4.69) is 4.98 Å². The molecule has 8 amide bonds. The number of aromatic nitrogens is 1. The molecule has 0 unspecified atom stereocenters. The van der Waals surface area contributed by atoms with E-state index in [-0.39, 0.29) is 55.1 Å². The minimum absolute atomic E-state index is 0.178. The quantitative estimate of drug-likeness (QED) is 0.0876.